The summed E-state index contributed by atoms with van der Waals surface area (Å²) >= 11 is 0. The topological polar surface area (TPSA) is 62.6 Å². The first-order valence-corrected chi connectivity index (χ1v) is 6.42. The molecule has 0 bridgehead atoms. The number of aryl methyl sites for hydroxylation is 2. The van der Waals surface area contributed by atoms with E-state index < -0.39 is 0 Å². The Morgan fingerprint density at radius 3 is 2.67 bits per heavy atom. The van der Waals surface area contributed by atoms with Gasteiger partial charge in [-0.25, -0.2) is 4.68 Å². The summed E-state index contributed by atoms with van der Waals surface area (Å²) < 4.78 is 1.85. The number of aromatic nitrogens is 5. The predicted molar refractivity (Wildman–Crippen MR) is 69.4 cm³/mol. The second kappa shape index (κ2) is 4.44. The average Bonchev–Trinajstić information content (AvgIpc) is 2.97. The highest BCUT2D eigenvalue weighted by molar-refractivity contribution is 5.51. The summed E-state index contributed by atoms with van der Waals surface area (Å²) in [6.45, 7) is 4.13. The van der Waals surface area contributed by atoms with Crippen LogP contribution in [0.1, 0.15) is 25.0 Å². The molecule has 0 atom stereocenters. The number of H-pyrrole nitrogens is 1. The van der Waals surface area contributed by atoms with Gasteiger partial charge in [0.25, 0.3) is 0 Å². The fraction of sp³-hybridized carbons (Fsp3) is 0.583. The molecule has 96 valence electrons. The van der Waals surface area contributed by atoms with E-state index in [2.05, 4.69) is 25.2 Å². The van der Waals surface area contributed by atoms with Crippen LogP contribution in [0.2, 0.25) is 0 Å². The van der Waals surface area contributed by atoms with Crippen molar-refractivity contribution in [2.75, 3.05) is 18.0 Å². The molecule has 3 rings (SSSR count). The van der Waals surface area contributed by atoms with Crippen molar-refractivity contribution in [2.45, 2.75) is 26.2 Å². The zero-order chi connectivity index (χ0) is 12.5. The first-order chi connectivity index (χ1) is 8.74. The molecule has 6 nitrogen and oxygen atoms in total. The van der Waals surface area contributed by atoms with Gasteiger partial charge < -0.3 is 4.90 Å². The van der Waals surface area contributed by atoms with Crippen LogP contribution in [0.5, 0.6) is 0 Å². The minimum Gasteiger partial charge on any atom is -0.341 e. The van der Waals surface area contributed by atoms with Gasteiger partial charge in [0.1, 0.15) is 5.69 Å². The normalized spacial score (nSPS) is 16.2. The highest BCUT2D eigenvalue weighted by Crippen LogP contribution is 2.21. The molecule has 2 aromatic heterocycles. The summed E-state index contributed by atoms with van der Waals surface area (Å²) in [6, 6.07) is 1.97. The number of hydrogen-bond acceptors (Lipinski definition) is 4. The minimum atomic E-state index is 0.697. The number of anilines is 1. The van der Waals surface area contributed by atoms with E-state index in [0.29, 0.717) is 5.82 Å². The van der Waals surface area contributed by atoms with Crippen molar-refractivity contribution in [2.24, 2.45) is 7.05 Å². The maximum atomic E-state index is 4.61. The molecule has 0 unspecified atom stereocenters. The molecule has 3 heterocycles. The van der Waals surface area contributed by atoms with Gasteiger partial charge in [0.2, 0.25) is 11.8 Å². The Morgan fingerprint density at radius 2 is 2.00 bits per heavy atom. The molecule has 0 saturated carbocycles. The number of rotatable bonds is 2. The average molecular weight is 246 g/mol. The second-order valence-electron chi connectivity index (χ2n) is 4.84. The van der Waals surface area contributed by atoms with Crippen LogP contribution in [0.3, 0.4) is 0 Å². The van der Waals surface area contributed by atoms with Crippen molar-refractivity contribution in [3.8, 4) is 11.5 Å². The van der Waals surface area contributed by atoms with E-state index in [9.17, 15) is 0 Å². The molecule has 0 aromatic carbocycles. The van der Waals surface area contributed by atoms with E-state index in [1.807, 2.05) is 24.7 Å². The minimum absolute atomic E-state index is 0.697. The Kier molecular flexibility index (Phi) is 2.77. The van der Waals surface area contributed by atoms with Crippen LogP contribution in [0.25, 0.3) is 11.5 Å². The Labute approximate surface area is 106 Å². The molecule has 0 amide bonds. The van der Waals surface area contributed by atoms with Crippen molar-refractivity contribution in [1.82, 2.24) is 25.0 Å². The molecule has 1 aliphatic rings. The zero-order valence-corrected chi connectivity index (χ0v) is 10.8. The van der Waals surface area contributed by atoms with E-state index in [4.69, 9.17) is 0 Å². The van der Waals surface area contributed by atoms with Crippen molar-refractivity contribution < 1.29 is 0 Å². The van der Waals surface area contributed by atoms with Gasteiger partial charge in [0, 0.05) is 25.8 Å². The monoisotopic (exact) mass is 246 g/mol. The maximum Gasteiger partial charge on any atom is 0.224 e. The van der Waals surface area contributed by atoms with Gasteiger partial charge >= 0.3 is 0 Å². The third kappa shape index (κ3) is 1.98. The van der Waals surface area contributed by atoms with Crippen LogP contribution in [0, 0.1) is 6.92 Å². The third-order valence-corrected chi connectivity index (χ3v) is 3.31. The lowest BCUT2D eigenvalue weighted by molar-refractivity contribution is 0.557. The lowest BCUT2D eigenvalue weighted by Crippen LogP contribution is -2.31. The Morgan fingerprint density at radius 1 is 1.22 bits per heavy atom. The SMILES string of the molecule is Cc1cc(-c2nc(N3CCCCC3)n(C)n2)n[nH]1. The second-order valence-corrected chi connectivity index (χ2v) is 4.84. The van der Waals surface area contributed by atoms with Crippen LogP contribution in [-0.4, -0.2) is 38.1 Å². The van der Waals surface area contributed by atoms with Crippen molar-refractivity contribution in [3.05, 3.63) is 11.8 Å². The van der Waals surface area contributed by atoms with E-state index in [-0.39, 0.29) is 0 Å². The molecule has 6 heteroatoms. The quantitative estimate of drug-likeness (QED) is 0.872. The van der Waals surface area contributed by atoms with Crippen molar-refractivity contribution in [3.63, 3.8) is 0 Å². The van der Waals surface area contributed by atoms with E-state index >= 15 is 0 Å². The Hall–Kier alpha value is -1.85. The van der Waals surface area contributed by atoms with Gasteiger partial charge in [-0.2, -0.15) is 10.1 Å². The van der Waals surface area contributed by atoms with Crippen molar-refractivity contribution in [1.29, 1.82) is 0 Å². The van der Waals surface area contributed by atoms with Gasteiger partial charge in [0.15, 0.2) is 0 Å². The summed E-state index contributed by atoms with van der Waals surface area (Å²) in [5.41, 5.74) is 1.84. The van der Waals surface area contributed by atoms with Gasteiger partial charge in [-0.05, 0) is 32.3 Å². The lowest BCUT2D eigenvalue weighted by atomic mass is 10.1. The van der Waals surface area contributed by atoms with Crippen LogP contribution in [-0.2, 0) is 7.05 Å². The molecule has 0 radical (unpaired) electrons. The summed E-state index contributed by atoms with van der Waals surface area (Å²) in [4.78, 5) is 6.92. The van der Waals surface area contributed by atoms with Gasteiger partial charge in [0.05, 0.1) is 0 Å². The van der Waals surface area contributed by atoms with Crippen molar-refractivity contribution >= 4 is 5.95 Å². The predicted octanol–water partition coefficient (Wildman–Crippen LogP) is 1.50. The summed E-state index contributed by atoms with van der Waals surface area (Å²) in [7, 11) is 1.94. The molecular weight excluding hydrogens is 228 g/mol. The highest BCUT2D eigenvalue weighted by Gasteiger charge is 2.18. The summed E-state index contributed by atoms with van der Waals surface area (Å²) in [6.07, 6.45) is 3.80. The fourth-order valence-corrected chi connectivity index (χ4v) is 2.39. The van der Waals surface area contributed by atoms with Gasteiger partial charge in [-0.15, -0.1) is 5.10 Å². The highest BCUT2D eigenvalue weighted by atomic mass is 15.4. The first kappa shape index (κ1) is 11.3. The zero-order valence-electron chi connectivity index (χ0n) is 10.8. The Bertz CT molecular complexity index is 535. The maximum absolute atomic E-state index is 4.61. The number of nitrogens with one attached hydrogen (secondary N) is 1. The first-order valence-electron chi connectivity index (χ1n) is 6.42. The fourth-order valence-electron chi connectivity index (χ4n) is 2.39. The molecule has 1 N–H and O–H groups in total. The number of aromatic amines is 1. The molecule has 1 fully saturated rings. The van der Waals surface area contributed by atoms with Crippen LogP contribution in [0.4, 0.5) is 5.95 Å². The molecule has 18 heavy (non-hydrogen) atoms. The smallest absolute Gasteiger partial charge is 0.224 e. The Balaban J connectivity index is 1.90. The molecule has 1 aliphatic heterocycles. The van der Waals surface area contributed by atoms with Crippen LogP contribution < -0.4 is 4.90 Å². The molecule has 2 aromatic rings. The largest absolute Gasteiger partial charge is 0.341 e. The van der Waals surface area contributed by atoms with E-state index in [1.54, 1.807) is 0 Å². The van der Waals surface area contributed by atoms with E-state index in [1.165, 1.54) is 19.3 Å². The van der Waals surface area contributed by atoms with Crippen LogP contribution >= 0.6 is 0 Å². The standard InChI is InChI=1S/C12H18N6/c1-9-8-10(15-14-9)11-13-12(17(2)16-11)18-6-4-3-5-7-18/h8H,3-7H2,1-2H3,(H,14,15). The van der Waals surface area contributed by atoms with Crippen LogP contribution in [0.15, 0.2) is 6.07 Å². The molecule has 0 spiro atoms. The summed E-state index contributed by atoms with van der Waals surface area (Å²) in [5.74, 6) is 1.65. The molecule has 0 aliphatic carbocycles. The third-order valence-electron chi connectivity index (χ3n) is 3.31. The molecule has 1 saturated heterocycles. The number of piperidine rings is 1. The molecular formula is C12H18N6. The van der Waals surface area contributed by atoms with Gasteiger partial charge in [-0.1, -0.05) is 0 Å². The number of hydrogen-bond donors (Lipinski definition) is 1. The lowest BCUT2D eigenvalue weighted by Gasteiger charge is -2.26. The summed E-state index contributed by atoms with van der Waals surface area (Å²) in [5, 5.41) is 11.6. The van der Waals surface area contributed by atoms with Gasteiger partial charge in [-0.3, -0.25) is 5.10 Å². The van der Waals surface area contributed by atoms with E-state index in [0.717, 1.165) is 30.4 Å². The number of nitrogens with zero attached hydrogens (tertiary/aromatic N) is 5.